The van der Waals surface area contributed by atoms with Gasteiger partial charge < -0.3 is 5.32 Å². The normalized spacial score (nSPS) is 36.9. The number of hydrogen-bond donors (Lipinski definition) is 2. The average Bonchev–Trinajstić information content (AvgIpc) is 2.96. The maximum absolute atomic E-state index is 4.51. The molecule has 3 nitrogen and oxygen atoms in total. The lowest BCUT2D eigenvalue weighted by Crippen LogP contribution is -2.34. The quantitative estimate of drug-likeness (QED) is 0.542. The smallest absolute Gasteiger partial charge is 0.0807 e. The van der Waals surface area contributed by atoms with E-state index in [4.69, 9.17) is 0 Å². The van der Waals surface area contributed by atoms with Gasteiger partial charge in [0.05, 0.1) is 29.9 Å². The zero-order valence-corrected chi connectivity index (χ0v) is 10.3. The molecule has 86 valence electrons. The highest BCUT2D eigenvalue weighted by Crippen LogP contribution is 2.41. The van der Waals surface area contributed by atoms with Crippen LogP contribution in [0, 0.1) is 5.92 Å². The summed E-state index contributed by atoms with van der Waals surface area (Å²) in [5.74, 6) is 0.563. The minimum Gasteiger partial charge on any atom is -0.310 e. The van der Waals surface area contributed by atoms with Gasteiger partial charge in [0.2, 0.25) is 0 Å². The number of hydrogen-bond acceptors (Lipinski definition) is 4. The van der Waals surface area contributed by atoms with Crippen molar-refractivity contribution in [3.05, 3.63) is 47.1 Å². The molecule has 0 amide bonds. The Morgan fingerprint density at radius 1 is 1.35 bits per heavy atom. The van der Waals surface area contributed by atoms with Crippen molar-refractivity contribution in [1.82, 2.24) is 10.0 Å². The molecule has 0 spiro atoms. The lowest BCUT2D eigenvalue weighted by Gasteiger charge is -2.23. The molecule has 4 aliphatic rings. The summed E-state index contributed by atoms with van der Waals surface area (Å²) in [4.78, 5) is 0. The Labute approximate surface area is 105 Å². The highest BCUT2D eigenvalue weighted by molar-refractivity contribution is 7.96. The Hall–Kier alpha value is -1.10. The van der Waals surface area contributed by atoms with Crippen molar-refractivity contribution in [3.8, 4) is 0 Å². The van der Waals surface area contributed by atoms with E-state index in [9.17, 15) is 0 Å². The van der Waals surface area contributed by atoms with Crippen LogP contribution in [0.5, 0.6) is 0 Å². The van der Waals surface area contributed by atoms with Gasteiger partial charge in [0.15, 0.2) is 0 Å². The zero-order chi connectivity index (χ0) is 11.4. The molecule has 0 aromatic heterocycles. The largest absolute Gasteiger partial charge is 0.310 e. The molecule has 0 fully saturated rings. The first-order chi connectivity index (χ1) is 8.38. The number of allylic oxidation sites excluding steroid dienone is 3. The summed E-state index contributed by atoms with van der Waals surface area (Å²) >= 11 is 1.45. The van der Waals surface area contributed by atoms with Crippen molar-refractivity contribution in [2.75, 3.05) is 7.05 Å². The molecule has 0 radical (unpaired) electrons. The Bertz CT molecular complexity index is 539. The van der Waals surface area contributed by atoms with E-state index in [1.807, 2.05) is 7.05 Å². The Kier molecular flexibility index (Phi) is 2.00. The highest BCUT2D eigenvalue weighted by Gasteiger charge is 2.37. The summed E-state index contributed by atoms with van der Waals surface area (Å²) in [5.41, 5.74) is 5.32. The van der Waals surface area contributed by atoms with E-state index in [2.05, 4.69) is 44.8 Å². The third kappa shape index (κ3) is 1.35. The van der Waals surface area contributed by atoms with Gasteiger partial charge in [-0.15, -0.1) is 0 Å². The third-order valence-corrected chi connectivity index (χ3v) is 4.37. The molecule has 3 aliphatic carbocycles. The molecule has 0 aromatic rings. The molecule has 0 saturated heterocycles. The fourth-order valence-corrected chi connectivity index (χ4v) is 3.45. The second kappa shape index (κ2) is 3.45. The first-order valence-electron chi connectivity index (χ1n) is 5.88. The Morgan fingerprint density at radius 3 is 3.18 bits per heavy atom. The molecule has 0 bridgehead atoms. The predicted molar refractivity (Wildman–Crippen MR) is 71.7 cm³/mol. The molecule has 1 heterocycles. The standard InChI is InChI=1S/C13H13N3S/c1-14-12-8-4-5-11-13(16-17-15-11)9(8)3-2-7-6-10(7)12/h2-7,11-12,14-15H,1H3. The molecular weight excluding hydrogens is 230 g/mol. The zero-order valence-electron chi connectivity index (χ0n) is 9.47. The van der Waals surface area contributed by atoms with E-state index in [1.54, 1.807) is 0 Å². The summed E-state index contributed by atoms with van der Waals surface area (Å²) in [7, 11) is 2.03. The molecule has 4 rings (SSSR count). The maximum Gasteiger partial charge on any atom is 0.0807 e. The van der Waals surface area contributed by atoms with E-state index in [0.717, 1.165) is 0 Å². The molecular formula is C13H13N3S. The third-order valence-electron chi connectivity index (χ3n) is 3.72. The summed E-state index contributed by atoms with van der Waals surface area (Å²) in [6.45, 7) is 0. The predicted octanol–water partition coefficient (Wildman–Crippen LogP) is 1.54. The number of fused-ring (bicyclic) bond motifs is 3. The molecule has 3 unspecified atom stereocenters. The summed E-state index contributed by atoms with van der Waals surface area (Å²) < 4.78 is 7.80. The first-order valence-corrected chi connectivity index (χ1v) is 6.65. The van der Waals surface area contributed by atoms with Crippen molar-refractivity contribution in [2.24, 2.45) is 10.3 Å². The second-order valence-electron chi connectivity index (χ2n) is 4.66. The molecule has 17 heavy (non-hydrogen) atoms. The molecule has 4 heteroatoms. The van der Waals surface area contributed by atoms with Crippen LogP contribution in [0.4, 0.5) is 0 Å². The maximum atomic E-state index is 4.51. The highest BCUT2D eigenvalue weighted by atomic mass is 32.2. The molecule has 1 aliphatic heterocycles. The molecule has 0 aromatic carbocycles. The van der Waals surface area contributed by atoms with E-state index in [0.29, 0.717) is 12.0 Å². The van der Waals surface area contributed by atoms with Crippen LogP contribution in [-0.2, 0) is 0 Å². The summed E-state index contributed by atoms with van der Waals surface area (Å²) in [6, 6.07) is 0.639. The van der Waals surface area contributed by atoms with Crippen LogP contribution in [0.15, 0.2) is 51.5 Å². The Morgan fingerprint density at radius 2 is 2.29 bits per heavy atom. The van der Waals surface area contributed by atoms with Gasteiger partial charge >= 0.3 is 0 Å². The second-order valence-corrected chi connectivity index (χ2v) is 5.27. The van der Waals surface area contributed by atoms with Crippen LogP contribution >= 0.6 is 12.1 Å². The van der Waals surface area contributed by atoms with Crippen molar-refractivity contribution >= 4 is 17.8 Å². The lowest BCUT2D eigenvalue weighted by molar-refractivity contribution is 0.728. The van der Waals surface area contributed by atoms with Gasteiger partial charge in [-0.3, -0.25) is 0 Å². The molecule has 2 N–H and O–H groups in total. The van der Waals surface area contributed by atoms with Crippen molar-refractivity contribution in [2.45, 2.75) is 12.1 Å². The number of likely N-dealkylation sites (N-methyl/N-ethyl adjacent to an activating group) is 1. The Balaban J connectivity index is 1.86. The first kappa shape index (κ1) is 9.88. The number of nitrogens with zero attached hydrogens (tertiary/aromatic N) is 1. The van der Waals surface area contributed by atoms with Gasteiger partial charge in [-0.1, -0.05) is 30.4 Å². The van der Waals surface area contributed by atoms with Crippen LogP contribution in [0.2, 0.25) is 0 Å². The molecule has 0 saturated carbocycles. The van der Waals surface area contributed by atoms with E-state index in [-0.39, 0.29) is 6.04 Å². The lowest BCUT2D eigenvalue weighted by atomic mass is 9.88. The monoisotopic (exact) mass is 243 g/mol. The average molecular weight is 243 g/mol. The summed E-state index contributed by atoms with van der Waals surface area (Å²) in [5, 5.41) is 3.41. The molecule has 3 atom stereocenters. The fraction of sp³-hybridized carbons (Fsp3) is 0.308. The van der Waals surface area contributed by atoms with E-state index >= 15 is 0 Å². The van der Waals surface area contributed by atoms with E-state index in [1.165, 1.54) is 34.6 Å². The number of nitrogens with one attached hydrogen (secondary N) is 2. The topological polar surface area (TPSA) is 36.4 Å². The van der Waals surface area contributed by atoms with Gasteiger partial charge in [0.25, 0.3) is 0 Å². The van der Waals surface area contributed by atoms with Gasteiger partial charge in [-0.25, -0.2) is 9.12 Å². The summed E-state index contributed by atoms with van der Waals surface area (Å²) in [6.07, 6.45) is 11.3. The van der Waals surface area contributed by atoms with E-state index < -0.39 is 0 Å². The minimum absolute atomic E-state index is 0.282. The van der Waals surface area contributed by atoms with Crippen molar-refractivity contribution in [3.63, 3.8) is 0 Å². The minimum atomic E-state index is 0.282. The van der Waals surface area contributed by atoms with Crippen molar-refractivity contribution in [1.29, 1.82) is 0 Å². The SMILES string of the molecule is CNC1C2=CC2C=CC2=C1C=CC1NSN=C21. The van der Waals surface area contributed by atoms with Crippen LogP contribution in [-0.4, -0.2) is 24.8 Å². The van der Waals surface area contributed by atoms with Crippen LogP contribution in [0.3, 0.4) is 0 Å². The van der Waals surface area contributed by atoms with Crippen LogP contribution in [0.1, 0.15) is 0 Å². The van der Waals surface area contributed by atoms with Gasteiger partial charge in [0, 0.05) is 11.5 Å². The van der Waals surface area contributed by atoms with Gasteiger partial charge in [-0.05, 0) is 18.2 Å². The fourth-order valence-electron chi connectivity index (χ4n) is 2.78. The van der Waals surface area contributed by atoms with Crippen LogP contribution in [0.25, 0.3) is 0 Å². The number of rotatable bonds is 1. The van der Waals surface area contributed by atoms with Crippen LogP contribution < -0.4 is 10.0 Å². The van der Waals surface area contributed by atoms with Crippen molar-refractivity contribution < 1.29 is 0 Å². The van der Waals surface area contributed by atoms with Gasteiger partial charge in [0.1, 0.15) is 0 Å². The van der Waals surface area contributed by atoms with Gasteiger partial charge in [-0.2, -0.15) is 0 Å².